The van der Waals surface area contributed by atoms with Crippen molar-refractivity contribution in [2.24, 2.45) is 11.8 Å². The van der Waals surface area contributed by atoms with Gasteiger partial charge in [0.2, 0.25) is 0 Å². The van der Waals surface area contributed by atoms with E-state index in [1.54, 1.807) is 0 Å². The third-order valence-electron chi connectivity index (χ3n) is 5.51. The second-order valence-electron chi connectivity index (χ2n) is 7.54. The van der Waals surface area contributed by atoms with E-state index in [-0.39, 0.29) is 24.7 Å². The zero-order valence-corrected chi connectivity index (χ0v) is 15.4. The van der Waals surface area contributed by atoms with Gasteiger partial charge in [0.1, 0.15) is 6.10 Å². The number of rotatable bonds is 13. The van der Waals surface area contributed by atoms with Crippen molar-refractivity contribution in [3.8, 4) is 0 Å². The van der Waals surface area contributed by atoms with Gasteiger partial charge >= 0.3 is 5.97 Å². The highest BCUT2D eigenvalue weighted by molar-refractivity contribution is 5.66. The number of aliphatic carboxylic acids is 1. The molecule has 5 nitrogen and oxygen atoms in total. The Morgan fingerprint density at radius 2 is 1.88 bits per heavy atom. The summed E-state index contributed by atoms with van der Waals surface area (Å²) in [5.74, 6) is 0.0808. The summed E-state index contributed by atoms with van der Waals surface area (Å²) in [6.45, 7) is 2.17. The third kappa shape index (κ3) is 6.72. The zero-order chi connectivity index (χ0) is 18.1. The summed E-state index contributed by atoms with van der Waals surface area (Å²) >= 11 is 0. The minimum Gasteiger partial charge on any atom is -0.481 e. The number of carboxylic acid groups (broad SMARTS) is 1. The lowest BCUT2D eigenvalue weighted by Crippen LogP contribution is -2.29. The van der Waals surface area contributed by atoms with Crippen LogP contribution in [0.15, 0.2) is 12.2 Å². The van der Waals surface area contributed by atoms with Gasteiger partial charge in [-0.25, -0.2) is 9.78 Å². The van der Waals surface area contributed by atoms with Crippen molar-refractivity contribution >= 4 is 5.97 Å². The van der Waals surface area contributed by atoms with Gasteiger partial charge in [-0.15, -0.1) is 0 Å². The van der Waals surface area contributed by atoms with E-state index in [4.69, 9.17) is 14.9 Å². The summed E-state index contributed by atoms with van der Waals surface area (Å²) in [5, 5.41) is 18.8. The molecule has 0 aromatic carbocycles. The number of carboxylic acids is 1. The molecule has 1 heterocycles. The minimum atomic E-state index is -0.707. The Labute approximate surface area is 151 Å². The van der Waals surface area contributed by atoms with Crippen molar-refractivity contribution < 1.29 is 24.8 Å². The van der Waals surface area contributed by atoms with Gasteiger partial charge in [0, 0.05) is 18.8 Å². The topological polar surface area (TPSA) is 76.0 Å². The van der Waals surface area contributed by atoms with Crippen LogP contribution in [-0.4, -0.2) is 34.5 Å². The largest absolute Gasteiger partial charge is 0.481 e. The van der Waals surface area contributed by atoms with Crippen LogP contribution < -0.4 is 0 Å². The summed E-state index contributed by atoms with van der Waals surface area (Å²) < 4.78 is 0. The Bertz CT molecular complexity index is 422. The van der Waals surface area contributed by atoms with Gasteiger partial charge in [0.15, 0.2) is 0 Å². The number of unbranched alkanes of at least 4 members (excludes halogenated alkanes) is 5. The van der Waals surface area contributed by atoms with Gasteiger partial charge in [0.05, 0.1) is 12.2 Å². The maximum Gasteiger partial charge on any atom is 0.303 e. The highest BCUT2D eigenvalue weighted by atomic mass is 17.2. The lowest BCUT2D eigenvalue weighted by Gasteiger charge is -2.28. The van der Waals surface area contributed by atoms with Crippen LogP contribution in [0.5, 0.6) is 0 Å². The second kappa shape index (κ2) is 10.9. The third-order valence-corrected chi connectivity index (χ3v) is 5.51. The van der Waals surface area contributed by atoms with Crippen LogP contribution in [0.3, 0.4) is 0 Å². The lowest BCUT2D eigenvalue weighted by molar-refractivity contribution is -0.337. The first kappa shape index (κ1) is 20.4. The van der Waals surface area contributed by atoms with Crippen molar-refractivity contribution in [3.05, 3.63) is 12.2 Å². The number of hydrogen-bond acceptors (Lipinski definition) is 4. The van der Waals surface area contributed by atoms with Crippen LogP contribution in [0.2, 0.25) is 0 Å². The van der Waals surface area contributed by atoms with Crippen LogP contribution in [0.4, 0.5) is 0 Å². The number of fused-ring (bicyclic) bond motifs is 2. The normalized spacial score (nSPS) is 29.5. The van der Waals surface area contributed by atoms with E-state index < -0.39 is 5.97 Å². The monoisotopic (exact) mass is 354 g/mol. The molecule has 1 saturated carbocycles. The molecule has 2 aliphatic rings. The molecule has 0 spiro atoms. The molecule has 5 atom stereocenters. The fourth-order valence-electron chi connectivity index (χ4n) is 4.05. The van der Waals surface area contributed by atoms with E-state index in [0.29, 0.717) is 11.8 Å². The standard InChI is InChI=1S/C20H34O5/c1-2-3-6-9-15(21)12-13-17-16(18-14-19(17)25-24-18)10-7-4-5-8-11-20(22)23/h12-13,15-19,21H,2-11,14H2,1H3,(H,22,23)/t15?,16-,17-,18-,19-/m1/s1. The molecule has 2 N–H and O–H groups in total. The molecular weight excluding hydrogens is 320 g/mol. The SMILES string of the molecule is CCCCCC(O)C=C[C@@H]1[C@@H](CCCCCCC(=O)O)[C@H]2C[C@H]1OO2. The van der Waals surface area contributed by atoms with E-state index in [0.717, 1.165) is 51.4 Å². The molecule has 1 saturated heterocycles. The average Bonchev–Trinajstić information content (AvgIpc) is 3.17. The molecule has 2 bridgehead atoms. The molecule has 0 aromatic rings. The summed E-state index contributed by atoms with van der Waals surface area (Å²) in [6.07, 6.45) is 14.5. The first-order valence-corrected chi connectivity index (χ1v) is 10.0. The summed E-state index contributed by atoms with van der Waals surface area (Å²) in [5.41, 5.74) is 0. The zero-order valence-electron chi connectivity index (χ0n) is 15.4. The van der Waals surface area contributed by atoms with Crippen LogP contribution in [0.25, 0.3) is 0 Å². The minimum absolute atomic E-state index is 0.126. The molecule has 0 radical (unpaired) electrons. The summed E-state index contributed by atoms with van der Waals surface area (Å²) in [4.78, 5) is 21.3. The number of aliphatic hydroxyl groups excluding tert-OH is 1. The van der Waals surface area contributed by atoms with Gasteiger partial charge in [0.25, 0.3) is 0 Å². The molecule has 144 valence electrons. The quantitative estimate of drug-likeness (QED) is 0.294. The van der Waals surface area contributed by atoms with Crippen molar-refractivity contribution in [1.29, 1.82) is 0 Å². The molecule has 5 heteroatoms. The number of hydrogen-bond donors (Lipinski definition) is 2. The van der Waals surface area contributed by atoms with Crippen LogP contribution in [-0.2, 0) is 14.6 Å². The van der Waals surface area contributed by atoms with E-state index in [9.17, 15) is 9.90 Å². The highest BCUT2D eigenvalue weighted by Gasteiger charge is 2.49. The van der Waals surface area contributed by atoms with Crippen LogP contribution in [0, 0.1) is 11.8 Å². The molecule has 25 heavy (non-hydrogen) atoms. The molecule has 0 amide bonds. The molecule has 2 fully saturated rings. The van der Waals surface area contributed by atoms with Crippen LogP contribution in [0.1, 0.15) is 77.6 Å². The van der Waals surface area contributed by atoms with Gasteiger partial charge in [-0.1, -0.05) is 57.6 Å². The van der Waals surface area contributed by atoms with Gasteiger partial charge in [-0.2, -0.15) is 0 Å². The molecule has 1 unspecified atom stereocenters. The smallest absolute Gasteiger partial charge is 0.303 e. The number of carbonyl (C=O) groups is 1. The van der Waals surface area contributed by atoms with Crippen molar-refractivity contribution in [2.75, 3.05) is 0 Å². The Morgan fingerprint density at radius 1 is 1.12 bits per heavy atom. The molecule has 0 aromatic heterocycles. The Morgan fingerprint density at radius 3 is 2.64 bits per heavy atom. The summed E-state index contributed by atoms with van der Waals surface area (Å²) in [6, 6.07) is 0. The molecule has 2 rings (SSSR count). The maximum absolute atomic E-state index is 10.5. The lowest BCUT2D eigenvalue weighted by atomic mass is 9.87. The van der Waals surface area contributed by atoms with E-state index in [1.165, 1.54) is 12.8 Å². The first-order chi connectivity index (χ1) is 12.1. The van der Waals surface area contributed by atoms with Gasteiger partial charge in [-0.05, 0) is 25.2 Å². The fraction of sp³-hybridized carbons (Fsp3) is 0.850. The predicted octanol–water partition coefficient (Wildman–Crippen LogP) is 4.24. The van der Waals surface area contributed by atoms with Crippen LogP contribution >= 0.6 is 0 Å². The highest BCUT2D eigenvalue weighted by Crippen LogP contribution is 2.45. The molecule has 1 aliphatic heterocycles. The Balaban J connectivity index is 1.71. The molecular formula is C20H34O5. The van der Waals surface area contributed by atoms with E-state index in [1.807, 2.05) is 6.08 Å². The van der Waals surface area contributed by atoms with E-state index >= 15 is 0 Å². The summed E-state index contributed by atoms with van der Waals surface area (Å²) in [7, 11) is 0. The Hall–Kier alpha value is -0.910. The number of aliphatic hydroxyl groups is 1. The second-order valence-corrected chi connectivity index (χ2v) is 7.54. The fourth-order valence-corrected chi connectivity index (χ4v) is 4.05. The van der Waals surface area contributed by atoms with Gasteiger partial charge < -0.3 is 10.2 Å². The predicted molar refractivity (Wildman–Crippen MR) is 96.0 cm³/mol. The van der Waals surface area contributed by atoms with Crippen molar-refractivity contribution in [2.45, 2.75) is 95.9 Å². The Kier molecular flexibility index (Phi) is 8.93. The van der Waals surface area contributed by atoms with Crippen molar-refractivity contribution in [1.82, 2.24) is 0 Å². The maximum atomic E-state index is 10.5. The van der Waals surface area contributed by atoms with Crippen molar-refractivity contribution in [3.63, 3.8) is 0 Å². The average molecular weight is 354 g/mol. The first-order valence-electron chi connectivity index (χ1n) is 10.0. The van der Waals surface area contributed by atoms with Gasteiger partial charge in [-0.3, -0.25) is 4.79 Å². The van der Waals surface area contributed by atoms with E-state index in [2.05, 4.69) is 13.0 Å². The molecule has 1 aliphatic carbocycles.